The van der Waals surface area contributed by atoms with E-state index in [1.165, 1.54) is 5.56 Å². The highest BCUT2D eigenvalue weighted by atomic mass is 16.2. The lowest BCUT2D eigenvalue weighted by molar-refractivity contribution is -0.128. The number of carbonyl (C=O) groups excluding carboxylic acids is 1. The van der Waals surface area contributed by atoms with Crippen molar-refractivity contribution in [3.05, 3.63) is 52.8 Å². The van der Waals surface area contributed by atoms with Crippen LogP contribution >= 0.6 is 0 Å². The van der Waals surface area contributed by atoms with Crippen LogP contribution in [0.1, 0.15) is 43.3 Å². The molecule has 118 valence electrons. The van der Waals surface area contributed by atoms with E-state index in [9.17, 15) is 4.79 Å². The maximum atomic E-state index is 11.9. The molecule has 0 fully saturated rings. The molecule has 0 atom stereocenters. The van der Waals surface area contributed by atoms with E-state index < -0.39 is 0 Å². The highest BCUT2D eigenvalue weighted by Crippen LogP contribution is 2.14. The highest BCUT2D eigenvalue weighted by Gasteiger charge is 2.20. The quantitative estimate of drug-likeness (QED) is 0.942. The predicted molar refractivity (Wildman–Crippen MR) is 88.5 cm³/mol. The number of carbonyl (C=O) groups is 1. The van der Waals surface area contributed by atoms with E-state index in [1.807, 2.05) is 44.5 Å². The minimum Gasteiger partial charge on any atom is -0.352 e. The minimum absolute atomic E-state index is 0.0662. The first-order valence-electron chi connectivity index (χ1n) is 7.63. The largest absolute Gasteiger partial charge is 0.352 e. The second kappa shape index (κ2) is 6.34. The molecule has 0 radical (unpaired) electrons. The summed E-state index contributed by atoms with van der Waals surface area (Å²) in [5, 5.41) is 7.47. The summed E-state index contributed by atoms with van der Waals surface area (Å²) in [5.41, 5.74) is 4.13. The Hall–Kier alpha value is -2.10. The number of hydrogen-bond donors (Lipinski definition) is 1. The lowest BCUT2D eigenvalue weighted by Gasteiger charge is -2.17. The molecular weight excluding hydrogens is 274 g/mol. The standard InChI is InChI=1S/C18H25N3O/c1-13-9-14(2)21(20-13)12-16-8-6-7-15(10-16)11-19-17(22)18(3,4)5/h6-10H,11-12H2,1-5H3,(H,19,22). The third-order valence-electron chi connectivity index (χ3n) is 3.56. The van der Waals surface area contributed by atoms with Gasteiger partial charge in [-0.25, -0.2) is 0 Å². The molecule has 0 saturated carbocycles. The van der Waals surface area contributed by atoms with Gasteiger partial charge in [-0.05, 0) is 31.0 Å². The van der Waals surface area contributed by atoms with Crippen molar-refractivity contribution in [2.75, 3.05) is 0 Å². The van der Waals surface area contributed by atoms with Gasteiger partial charge in [-0.3, -0.25) is 9.48 Å². The van der Waals surface area contributed by atoms with Crippen LogP contribution in [0.4, 0.5) is 0 Å². The Morgan fingerprint density at radius 3 is 2.45 bits per heavy atom. The molecule has 2 aromatic rings. The van der Waals surface area contributed by atoms with Crippen molar-refractivity contribution in [3.8, 4) is 0 Å². The van der Waals surface area contributed by atoms with Crippen molar-refractivity contribution in [2.45, 2.75) is 47.7 Å². The van der Waals surface area contributed by atoms with Crippen LogP contribution in [0.25, 0.3) is 0 Å². The average molecular weight is 299 g/mol. The summed E-state index contributed by atoms with van der Waals surface area (Å²) < 4.78 is 2.00. The summed E-state index contributed by atoms with van der Waals surface area (Å²) in [7, 11) is 0. The summed E-state index contributed by atoms with van der Waals surface area (Å²) >= 11 is 0. The summed E-state index contributed by atoms with van der Waals surface area (Å²) in [6.07, 6.45) is 0. The van der Waals surface area contributed by atoms with Crippen molar-refractivity contribution >= 4 is 5.91 Å². The Kier molecular flexibility index (Phi) is 4.69. The Labute approximate surface area is 132 Å². The van der Waals surface area contributed by atoms with E-state index in [-0.39, 0.29) is 11.3 Å². The molecule has 0 aliphatic carbocycles. The van der Waals surface area contributed by atoms with Crippen LogP contribution in [0.3, 0.4) is 0 Å². The molecule has 0 saturated heterocycles. The molecule has 22 heavy (non-hydrogen) atoms. The zero-order valence-electron chi connectivity index (χ0n) is 14.1. The lowest BCUT2D eigenvalue weighted by Crippen LogP contribution is -2.34. The van der Waals surface area contributed by atoms with Gasteiger partial charge in [-0.1, -0.05) is 45.0 Å². The second-order valence-electron chi connectivity index (χ2n) is 6.84. The van der Waals surface area contributed by atoms with Gasteiger partial charge in [-0.2, -0.15) is 5.10 Å². The number of amides is 1. The molecule has 0 bridgehead atoms. The van der Waals surface area contributed by atoms with E-state index in [2.05, 4.69) is 35.5 Å². The molecular formula is C18H25N3O. The number of nitrogens with one attached hydrogen (secondary N) is 1. The van der Waals surface area contributed by atoms with Gasteiger partial charge >= 0.3 is 0 Å². The summed E-state index contributed by atoms with van der Waals surface area (Å²) in [6.45, 7) is 11.1. The maximum Gasteiger partial charge on any atom is 0.225 e. The zero-order valence-corrected chi connectivity index (χ0v) is 14.1. The molecule has 0 spiro atoms. The first kappa shape index (κ1) is 16.3. The Morgan fingerprint density at radius 1 is 1.18 bits per heavy atom. The lowest BCUT2D eigenvalue weighted by atomic mass is 9.95. The monoisotopic (exact) mass is 299 g/mol. The third kappa shape index (κ3) is 4.20. The van der Waals surface area contributed by atoms with Crippen LogP contribution in [-0.2, 0) is 17.9 Å². The van der Waals surface area contributed by atoms with Gasteiger partial charge in [-0.15, -0.1) is 0 Å². The summed E-state index contributed by atoms with van der Waals surface area (Å²) in [6, 6.07) is 10.4. The smallest absolute Gasteiger partial charge is 0.225 e. The highest BCUT2D eigenvalue weighted by molar-refractivity contribution is 5.81. The van der Waals surface area contributed by atoms with Crippen molar-refractivity contribution in [3.63, 3.8) is 0 Å². The number of benzene rings is 1. The number of aromatic nitrogens is 2. The van der Waals surface area contributed by atoms with Gasteiger partial charge in [0.15, 0.2) is 0 Å². The van der Waals surface area contributed by atoms with Crippen molar-refractivity contribution in [1.82, 2.24) is 15.1 Å². The van der Waals surface area contributed by atoms with Gasteiger partial charge in [0.25, 0.3) is 0 Å². The maximum absolute atomic E-state index is 11.9. The molecule has 1 aromatic heterocycles. The van der Waals surface area contributed by atoms with Crippen LogP contribution in [0.5, 0.6) is 0 Å². The molecule has 1 heterocycles. The predicted octanol–water partition coefficient (Wildman–Crippen LogP) is 3.21. The third-order valence-corrected chi connectivity index (χ3v) is 3.56. The number of hydrogen-bond acceptors (Lipinski definition) is 2. The molecule has 0 aliphatic heterocycles. The Balaban J connectivity index is 2.04. The van der Waals surface area contributed by atoms with E-state index in [0.29, 0.717) is 6.54 Å². The molecule has 0 aliphatic rings. The van der Waals surface area contributed by atoms with Crippen LogP contribution in [0, 0.1) is 19.3 Å². The van der Waals surface area contributed by atoms with Gasteiger partial charge in [0.1, 0.15) is 0 Å². The van der Waals surface area contributed by atoms with Crippen molar-refractivity contribution < 1.29 is 4.79 Å². The Morgan fingerprint density at radius 2 is 1.86 bits per heavy atom. The molecule has 4 heteroatoms. The fraction of sp³-hybridized carbons (Fsp3) is 0.444. The summed E-state index contributed by atoms with van der Waals surface area (Å²) in [4.78, 5) is 11.9. The molecule has 1 amide bonds. The molecule has 2 rings (SSSR count). The topological polar surface area (TPSA) is 46.9 Å². The SMILES string of the molecule is Cc1cc(C)n(Cc2cccc(CNC(=O)C(C)(C)C)c2)n1. The van der Waals surface area contributed by atoms with Gasteiger partial charge in [0.2, 0.25) is 5.91 Å². The van der Waals surface area contributed by atoms with E-state index in [4.69, 9.17) is 0 Å². The van der Waals surface area contributed by atoms with Gasteiger partial charge in [0.05, 0.1) is 12.2 Å². The zero-order chi connectivity index (χ0) is 16.3. The number of rotatable bonds is 4. The normalized spacial score (nSPS) is 11.5. The average Bonchev–Trinajstić information content (AvgIpc) is 2.73. The van der Waals surface area contributed by atoms with Crippen molar-refractivity contribution in [1.29, 1.82) is 0 Å². The first-order chi connectivity index (χ1) is 10.3. The minimum atomic E-state index is -0.360. The number of aryl methyl sites for hydroxylation is 2. The van der Waals surface area contributed by atoms with Crippen LogP contribution in [-0.4, -0.2) is 15.7 Å². The van der Waals surface area contributed by atoms with Crippen LogP contribution < -0.4 is 5.32 Å². The molecule has 1 aromatic carbocycles. The molecule has 0 unspecified atom stereocenters. The molecule has 4 nitrogen and oxygen atoms in total. The Bertz CT molecular complexity index is 665. The van der Waals surface area contributed by atoms with Crippen LogP contribution in [0.15, 0.2) is 30.3 Å². The van der Waals surface area contributed by atoms with E-state index in [0.717, 1.165) is 23.5 Å². The number of nitrogens with zero attached hydrogens (tertiary/aromatic N) is 2. The van der Waals surface area contributed by atoms with Crippen LogP contribution in [0.2, 0.25) is 0 Å². The van der Waals surface area contributed by atoms with E-state index >= 15 is 0 Å². The summed E-state index contributed by atoms with van der Waals surface area (Å²) in [5.74, 6) is 0.0662. The fourth-order valence-corrected chi connectivity index (χ4v) is 2.29. The van der Waals surface area contributed by atoms with E-state index in [1.54, 1.807) is 0 Å². The van der Waals surface area contributed by atoms with Gasteiger partial charge < -0.3 is 5.32 Å². The molecule has 1 N–H and O–H groups in total. The van der Waals surface area contributed by atoms with Gasteiger partial charge in [0, 0.05) is 17.7 Å². The first-order valence-corrected chi connectivity index (χ1v) is 7.63. The second-order valence-corrected chi connectivity index (χ2v) is 6.84. The fourth-order valence-electron chi connectivity index (χ4n) is 2.29. The van der Waals surface area contributed by atoms with Crippen molar-refractivity contribution in [2.24, 2.45) is 5.41 Å².